The van der Waals surface area contributed by atoms with E-state index in [2.05, 4.69) is 21.1 Å². The first kappa shape index (κ1) is 17.1. The van der Waals surface area contributed by atoms with Crippen LogP contribution in [0.5, 0.6) is 0 Å². The van der Waals surface area contributed by atoms with Gasteiger partial charge in [-0.05, 0) is 51.2 Å². The molecule has 2 heterocycles. The Bertz CT molecular complexity index is 616. The number of hydrogen-bond donors (Lipinski definition) is 1. The van der Waals surface area contributed by atoms with E-state index in [9.17, 15) is 5.11 Å². The summed E-state index contributed by atoms with van der Waals surface area (Å²) in [4.78, 5) is 11.2. The van der Waals surface area contributed by atoms with Crippen LogP contribution in [-0.4, -0.2) is 47.5 Å². The van der Waals surface area contributed by atoms with E-state index in [1.165, 1.54) is 12.8 Å². The molecule has 5 nitrogen and oxygen atoms in total. The first-order valence-corrected chi connectivity index (χ1v) is 8.66. The van der Waals surface area contributed by atoms with Crippen molar-refractivity contribution in [3.63, 3.8) is 0 Å². The van der Waals surface area contributed by atoms with E-state index in [-0.39, 0.29) is 0 Å². The maximum Gasteiger partial charge on any atom is 0.101 e. The average molecular weight is 329 g/mol. The molecule has 0 amide bonds. The van der Waals surface area contributed by atoms with Gasteiger partial charge in [0.1, 0.15) is 5.60 Å². The molecule has 0 aromatic carbocycles. The van der Waals surface area contributed by atoms with Crippen LogP contribution >= 0.6 is 0 Å². The third-order valence-corrected chi connectivity index (χ3v) is 4.86. The van der Waals surface area contributed by atoms with E-state index in [1.54, 1.807) is 20.0 Å². The molecular weight excluding hydrogens is 302 g/mol. The summed E-state index contributed by atoms with van der Waals surface area (Å²) in [6.07, 6.45) is 9.85. The lowest BCUT2D eigenvalue weighted by molar-refractivity contribution is 0.0738. The molecule has 130 valence electrons. The van der Waals surface area contributed by atoms with E-state index in [0.29, 0.717) is 17.7 Å². The fourth-order valence-corrected chi connectivity index (χ4v) is 3.43. The minimum Gasteiger partial charge on any atom is -0.384 e. The molecule has 0 radical (unpaired) electrons. The smallest absolute Gasteiger partial charge is 0.101 e. The minimum absolute atomic E-state index is 0.426. The van der Waals surface area contributed by atoms with Gasteiger partial charge in [-0.1, -0.05) is 0 Å². The molecule has 0 spiro atoms. The Morgan fingerprint density at radius 2 is 2.17 bits per heavy atom. The second kappa shape index (κ2) is 7.03. The predicted octanol–water partition coefficient (Wildman–Crippen LogP) is 2.81. The number of aromatic nitrogens is 1. The van der Waals surface area contributed by atoms with Crippen LogP contribution in [0.3, 0.4) is 0 Å². The fourth-order valence-electron chi connectivity index (χ4n) is 3.43. The monoisotopic (exact) mass is 329 g/mol. The van der Waals surface area contributed by atoms with Crippen LogP contribution in [0.1, 0.15) is 44.4 Å². The molecule has 1 aliphatic heterocycles. The zero-order valence-corrected chi connectivity index (χ0v) is 14.8. The topological polar surface area (TPSA) is 58.0 Å². The van der Waals surface area contributed by atoms with E-state index >= 15 is 0 Å². The maximum atomic E-state index is 10.0. The van der Waals surface area contributed by atoms with Gasteiger partial charge in [-0.25, -0.2) is 0 Å². The van der Waals surface area contributed by atoms with Gasteiger partial charge in [-0.15, -0.1) is 0 Å². The summed E-state index contributed by atoms with van der Waals surface area (Å²) in [5.74, 6) is 0.689. The van der Waals surface area contributed by atoms with Gasteiger partial charge in [-0.2, -0.15) is 0 Å². The van der Waals surface area contributed by atoms with Gasteiger partial charge in [-0.3, -0.25) is 9.98 Å². The van der Waals surface area contributed by atoms with Crippen molar-refractivity contribution in [1.82, 2.24) is 9.88 Å². The number of aliphatic imine (C=N–C) groups is 1. The van der Waals surface area contributed by atoms with Crippen LogP contribution in [-0.2, 0) is 10.3 Å². The number of methoxy groups -OCH3 is 1. The van der Waals surface area contributed by atoms with Crippen molar-refractivity contribution in [3.05, 3.63) is 35.8 Å². The second-order valence-electron chi connectivity index (χ2n) is 7.31. The number of aliphatic hydroxyl groups is 1. The maximum absolute atomic E-state index is 10.0. The third-order valence-electron chi connectivity index (χ3n) is 4.86. The largest absolute Gasteiger partial charge is 0.384 e. The number of rotatable bonds is 5. The Morgan fingerprint density at radius 1 is 1.33 bits per heavy atom. The average Bonchev–Trinajstić information content (AvgIpc) is 3.02. The summed E-state index contributed by atoms with van der Waals surface area (Å²) in [7, 11) is 1.81. The minimum atomic E-state index is -0.921. The lowest BCUT2D eigenvalue weighted by Gasteiger charge is -2.26. The molecule has 2 aliphatic rings. The van der Waals surface area contributed by atoms with Gasteiger partial charge in [0.15, 0.2) is 0 Å². The Hall–Kier alpha value is -1.72. The Morgan fingerprint density at radius 3 is 2.79 bits per heavy atom. The van der Waals surface area contributed by atoms with Gasteiger partial charge in [0.2, 0.25) is 0 Å². The summed E-state index contributed by atoms with van der Waals surface area (Å²) in [6, 6.07) is 3.84. The van der Waals surface area contributed by atoms with Crippen LogP contribution in [0.4, 0.5) is 0 Å². The molecule has 3 rings (SSSR count). The van der Waals surface area contributed by atoms with E-state index in [1.807, 2.05) is 25.5 Å². The summed E-state index contributed by atoms with van der Waals surface area (Å²) in [6.45, 7) is 5.38. The number of pyridine rings is 1. The van der Waals surface area contributed by atoms with Crippen molar-refractivity contribution in [1.29, 1.82) is 0 Å². The third kappa shape index (κ3) is 4.02. The van der Waals surface area contributed by atoms with Crippen molar-refractivity contribution in [2.45, 2.75) is 44.8 Å². The second-order valence-corrected chi connectivity index (χ2v) is 7.31. The van der Waals surface area contributed by atoms with Crippen molar-refractivity contribution >= 4 is 11.9 Å². The van der Waals surface area contributed by atoms with Crippen molar-refractivity contribution < 1.29 is 9.84 Å². The lowest BCUT2D eigenvalue weighted by Crippen LogP contribution is -2.28. The van der Waals surface area contributed by atoms with Crippen LogP contribution in [0.15, 0.2) is 29.5 Å². The molecule has 1 saturated carbocycles. The number of ether oxygens (including phenoxy) is 1. The normalized spacial score (nSPS) is 24.3. The van der Waals surface area contributed by atoms with Gasteiger partial charge >= 0.3 is 0 Å². The van der Waals surface area contributed by atoms with Crippen molar-refractivity contribution in [2.75, 3.05) is 20.2 Å². The summed E-state index contributed by atoms with van der Waals surface area (Å²) in [5.41, 5.74) is 1.65. The molecule has 1 aromatic rings. The Balaban J connectivity index is 1.67. The zero-order valence-electron chi connectivity index (χ0n) is 14.8. The number of nitrogens with zero attached hydrogens (tertiary/aromatic N) is 3. The van der Waals surface area contributed by atoms with E-state index in [4.69, 9.17) is 4.74 Å². The quantitative estimate of drug-likeness (QED) is 0.902. The van der Waals surface area contributed by atoms with Crippen LogP contribution in [0, 0.1) is 5.92 Å². The molecule has 2 atom stereocenters. The van der Waals surface area contributed by atoms with E-state index < -0.39 is 5.60 Å². The standard InChI is InChI=1S/C19H27N3O2/c1-19(2,23)18-7-5-15(11-21-18)17-13-22(9-8-20-17)12-14-4-6-16(10-14)24-3/h5,7-8,11,13-14,16,23H,4,6,9-10,12H2,1-3H3/t14-,16+/m1/s1. The number of hydrogen-bond acceptors (Lipinski definition) is 5. The Kier molecular flexibility index (Phi) is 5.01. The molecule has 1 aromatic heterocycles. The Labute approximate surface area is 144 Å². The van der Waals surface area contributed by atoms with Gasteiger partial charge in [0.05, 0.1) is 24.0 Å². The molecule has 24 heavy (non-hydrogen) atoms. The van der Waals surface area contributed by atoms with Gasteiger partial charge in [0, 0.05) is 37.8 Å². The SMILES string of the molecule is CO[C@H]1CC[C@@H](CN2C=C(c3ccc(C(C)(C)O)nc3)N=CC2)C1. The molecule has 1 fully saturated rings. The molecule has 0 unspecified atom stereocenters. The predicted molar refractivity (Wildman–Crippen MR) is 95.7 cm³/mol. The van der Waals surface area contributed by atoms with Crippen molar-refractivity contribution in [3.8, 4) is 0 Å². The lowest BCUT2D eigenvalue weighted by atomic mass is 10.0. The zero-order chi connectivity index (χ0) is 17.2. The summed E-state index contributed by atoms with van der Waals surface area (Å²) >= 11 is 0. The first-order valence-electron chi connectivity index (χ1n) is 8.66. The highest BCUT2D eigenvalue weighted by atomic mass is 16.5. The first-order chi connectivity index (χ1) is 11.5. The fraction of sp³-hybridized carbons (Fsp3) is 0.579. The molecule has 1 N–H and O–H groups in total. The van der Waals surface area contributed by atoms with E-state index in [0.717, 1.165) is 30.8 Å². The highest BCUT2D eigenvalue weighted by molar-refractivity contribution is 5.76. The van der Waals surface area contributed by atoms with Crippen LogP contribution in [0.25, 0.3) is 5.70 Å². The molecular formula is C19H27N3O2. The molecule has 1 aliphatic carbocycles. The molecule has 5 heteroatoms. The van der Waals surface area contributed by atoms with Gasteiger partial charge < -0.3 is 14.7 Å². The molecule has 0 bridgehead atoms. The van der Waals surface area contributed by atoms with Gasteiger partial charge in [0.25, 0.3) is 0 Å². The summed E-state index contributed by atoms with van der Waals surface area (Å²) < 4.78 is 5.47. The molecule has 0 saturated heterocycles. The highest BCUT2D eigenvalue weighted by Crippen LogP contribution is 2.29. The highest BCUT2D eigenvalue weighted by Gasteiger charge is 2.26. The summed E-state index contributed by atoms with van der Waals surface area (Å²) in [5, 5.41) is 10.0. The van der Waals surface area contributed by atoms with Crippen molar-refractivity contribution in [2.24, 2.45) is 10.9 Å². The van der Waals surface area contributed by atoms with Crippen LogP contribution in [0.2, 0.25) is 0 Å². The van der Waals surface area contributed by atoms with Crippen LogP contribution < -0.4 is 0 Å².